The number of hydrogen-bond donors (Lipinski definition) is 0. The zero-order valence-corrected chi connectivity index (χ0v) is 14.2. The molecule has 1 aliphatic heterocycles. The van der Waals surface area contributed by atoms with Gasteiger partial charge in [0.05, 0.1) is 18.2 Å². The van der Waals surface area contributed by atoms with Gasteiger partial charge in [-0.3, -0.25) is 4.79 Å². The summed E-state index contributed by atoms with van der Waals surface area (Å²) >= 11 is 0. The molecule has 0 radical (unpaired) electrons. The summed E-state index contributed by atoms with van der Waals surface area (Å²) in [5.41, 5.74) is 1.06. The number of carbonyl (C=O) groups excluding carboxylic acids is 2. The molecule has 0 unspecified atom stereocenters. The molecule has 122 valence electrons. The Morgan fingerprint density at radius 2 is 1.96 bits per heavy atom. The van der Waals surface area contributed by atoms with E-state index in [-0.39, 0.29) is 16.7 Å². The monoisotopic (exact) mass is 313 g/mol. The summed E-state index contributed by atoms with van der Waals surface area (Å²) in [5.74, 6) is 0.422. The second kappa shape index (κ2) is 4.16. The van der Waals surface area contributed by atoms with Crippen molar-refractivity contribution in [1.82, 2.24) is 0 Å². The minimum atomic E-state index is -0.593. The van der Waals surface area contributed by atoms with E-state index in [0.29, 0.717) is 11.6 Å². The fraction of sp³-hybridized carbons (Fsp3) is 0.579. The summed E-state index contributed by atoms with van der Waals surface area (Å²) in [4.78, 5) is 27.0. The number of ether oxygens (including phenoxy) is 1. The molecule has 1 heterocycles. The Morgan fingerprint density at radius 1 is 1.26 bits per heavy atom. The van der Waals surface area contributed by atoms with E-state index in [1.165, 1.54) is 18.4 Å². The zero-order chi connectivity index (χ0) is 16.6. The molecular weight excluding hydrogens is 290 g/mol. The number of para-hydroxylation sites is 1. The Bertz CT molecular complexity index is 725. The van der Waals surface area contributed by atoms with Gasteiger partial charge in [-0.1, -0.05) is 39.0 Å². The molecule has 0 aromatic heterocycles. The minimum Gasteiger partial charge on any atom is -0.452 e. The van der Waals surface area contributed by atoms with Crippen LogP contribution in [0.25, 0.3) is 0 Å². The van der Waals surface area contributed by atoms with Gasteiger partial charge in [-0.05, 0) is 47.6 Å². The number of methoxy groups -OCH3 is 1. The van der Waals surface area contributed by atoms with Crippen molar-refractivity contribution in [3.8, 4) is 0 Å². The second-order valence-electron chi connectivity index (χ2n) is 8.03. The first-order valence-corrected chi connectivity index (χ1v) is 8.33. The van der Waals surface area contributed by atoms with Crippen molar-refractivity contribution >= 4 is 17.7 Å². The highest BCUT2D eigenvalue weighted by Crippen LogP contribution is 2.75. The molecule has 1 aromatic rings. The van der Waals surface area contributed by atoms with Gasteiger partial charge in [-0.15, -0.1) is 0 Å². The maximum Gasteiger partial charge on any atom is 0.420 e. The molecule has 0 saturated heterocycles. The van der Waals surface area contributed by atoms with E-state index in [9.17, 15) is 9.59 Å². The highest BCUT2D eigenvalue weighted by molar-refractivity contribution is 6.21. The largest absolute Gasteiger partial charge is 0.452 e. The van der Waals surface area contributed by atoms with Gasteiger partial charge in [0.1, 0.15) is 0 Å². The lowest BCUT2D eigenvalue weighted by Crippen LogP contribution is -2.52. The number of anilines is 1. The third-order valence-corrected chi connectivity index (χ3v) is 7.46. The Hall–Kier alpha value is -1.84. The molecule has 2 amide bonds. The van der Waals surface area contributed by atoms with Gasteiger partial charge in [0.2, 0.25) is 5.91 Å². The molecule has 3 aliphatic rings. The molecule has 1 aromatic carbocycles. The number of benzene rings is 1. The lowest BCUT2D eigenvalue weighted by atomic mass is 9.56. The first-order chi connectivity index (χ1) is 10.8. The predicted molar refractivity (Wildman–Crippen MR) is 87.2 cm³/mol. The van der Waals surface area contributed by atoms with Crippen LogP contribution in [0.4, 0.5) is 10.5 Å². The molecule has 2 saturated carbocycles. The van der Waals surface area contributed by atoms with Crippen molar-refractivity contribution in [2.75, 3.05) is 12.0 Å². The van der Waals surface area contributed by atoms with Gasteiger partial charge in [0, 0.05) is 0 Å². The first-order valence-electron chi connectivity index (χ1n) is 8.33. The number of nitrogens with zero attached hydrogens (tertiary/aromatic N) is 1. The van der Waals surface area contributed by atoms with Gasteiger partial charge in [-0.2, -0.15) is 0 Å². The van der Waals surface area contributed by atoms with Crippen molar-refractivity contribution < 1.29 is 14.3 Å². The molecule has 2 bridgehead atoms. The van der Waals surface area contributed by atoms with Crippen LogP contribution in [0.5, 0.6) is 0 Å². The van der Waals surface area contributed by atoms with E-state index in [0.717, 1.165) is 18.4 Å². The van der Waals surface area contributed by atoms with Crippen LogP contribution >= 0.6 is 0 Å². The smallest absolute Gasteiger partial charge is 0.420 e. The van der Waals surface area contributed by atoms with Crippen LogP contribution in [0.3, 0.4) is 0 Å². The van der Waals surface area contributed by atoms with Gasteiger partial charge in [-0.25, -0.2) is 9.69 Å². The van der Waals surface area contributed by atoms with Crippen LogP contribution in [0, 0.1) is 16.7 Å². The molecule has 0 N–H and O–H groups in total. The quantitative estimate of drug-likeness (QED) is 0.730. The molecule has 2 fully saturated rings. The van der Waals surface area contributed by atoms with Gasteiger partial charge in [0.15, 0.2) is 0 Å². The Balaban J connectivity index is 1.98. The SMILES string of the molecule is COC(=O)N1C(=O)[C@@]2(C[C@H]3CC[C@]2(C)C3(C)C)c2ccccc21. The average molecular weight is 313 g/mol. The zero-order valence-electron chi connectivity index (χ0n) is 14.2. The number of carbonyl (C=O) groups is 2. The average Bonchev–Trinajstić information content (AvgIpc) is 2.99. The number of amides is 2. The topological polar surface area (TPSA) is 46.6 Å². The van der Waals surface area contributed by atoms with Crippen molar-refractivity contribution in [3.05, 3.63) is 29.8 Å². The van der Waals surface area contributed by atoms with Crippen LogP contribution in [-0.2, 0) is 14.9 Å². The van der Waals surface area contributed by atoms with Crippen LogP contribution in [0.1, 0.15) is 45.6 Å². The number of rotatable bonds is 0. The van der Waals surface area contributed by atoms with Crippen LogP contribution in [-0.4, -0.2) is 19.1 Å². The fourth-order valence-corrected chi connectivity index (χ4v) is 5.76. The van der Waals surface area contributed by atoms with Crippen molar-refractivity contribution in [2.45, 2.75) is 45.4 Å². The summed E-state index contributed by atoms with van der Waals surface area (Å²) in [6.45, 7) is 6.82. The summed E-state index contributed by atoms with van der Waals surface area (Å²) in [6, 6.07) is 7.73. The highest BCUT2D eigenvalue weighted by atomic mass is 16.5. The Labute approximate surface area is 136 Å². The first kappa shape index (κ1) is 14.7. The molecule has 4 rings (SSSR count). The normalized spacial score (nSPS) is 36.6. The van der Waals surface area contributed by atoms with Crippen molar-refractivity contribution in [3.63, 3.8) is 0 Å². The molecule has 23 heavy (non-hydrogen) atoms. The Kier molecular flexibility index (Phi) is 2.67. The number of hydrogen-bond acceptors (Lipinski definition) is 3. The molecule has 3 atom stereocenters. The molecular formula is C19H23NO3. The van der Waals surface area contributed by atoms with Gasteiger partial charge >= 0.3 is 6.09 Å². The Morgan fingerprint density at radius 3 is 2.52 bits per heavy atom. The molecule has 4 heteroatoms. The van der Waals surface area contributed by atoms with Crippen LogP contribution in [0.2, 0.25) is 0 Å². The van der Waals surface area contributed by atoms with E-state index in [1.807, 2.05) is 24.3 Å². The fourth-order valence-electron chi connectivity index (χ4n) is 5.76. The number of imide groups is 1. The van der Waals surface area contributed by atoms with Gasteiger partial charge in [0.25, 0.3) is 0 Å². The lowest BCUT2D eigenvalue weighted by molar-refractivity contribution is -0.128. The summed E-state index contributed by atoms with van der Waals surface area (Å²) in [7, 11) is 1.33. The van der Waals surface area contributed by atoms with Crippen molar-refractivity contribution in [1.29, 1.82) is 0 Å². The molecule has 4 nitrogen and oxygen atoms in total. The summed E-state index contributed by atoms with van der Waals surface area (Å²) in [5, 5.41) is 0. The van der Waals surface area contributed by atoms with Crippen molar-refractivity contribution in [2.24, 2.45) is 16.7 Å². The molecule has 1 spiro atoms. The maximum atomic E-state index is 13.5. The van der Waals surface area contributed by atoms with Crippen LogP contribution in [0.15, 0.2) is 24.3 Å². The lowest BCUT2D eigenvalue weighted by Gasteiger charge is -2.45. The minimum absolute atomic E-state index is 0.0852. The molecule has 2 aliphatic carbocycles. The van der Waals surface area contributed by atoms with Crippen LogP contribution < -0.4 is 4.90 Å². The van der Waals surface area contributed by atoms with E-state index in [2.05, 4.69) is 20.8 Å². The second-order valence-corrected chi connectivity index (χ2v) is 8.03. The highest BCUT2D eigenvalue weighted by Gasteiger charge is 2.75. The van der Waals surface area contributed by atoms with E-state index >= 15 is 0 Å². The van der Waals surface area contributed by atoms with E-state index in [1.54, 1.807) is 0 Å². The predicted octanol–water partition coefficient (Wildman–Crippen LogP) is 3.88. The van der Waals surface area contributed by atoms with Gasteiger partial charge < -0.3 is 4.74 Å². The summed E-state index contributed by atoms with van der Waals surface area (Å²) in [6.07, 6.45) is 2.45. The standard InChI is InChI=1S/C19H23NO3/c1-17(2)12-9-10-18(17,3)19(11-12)13-7-5-6-8-14(13)20(15(19)21)16(22)23-4/h5-8,12H,9-11H2,1-4H3/t12-,18-,19-/m1/s1. The maximum absolute atomic E-state index is 13.5. The van der Waals surface area contributed by atoms with E-state index in [4.69, 9.17) is 4.74 Å². The third kappa shape index (κ3) is 1.35. The number of fused-ring (bicyclic) bond motifs is 5. The van der Waals surface area contributed by atoms with E-state index < -0.39 is 11.5 Å². The summed E-state index contributed by atoms with van der Waals surface area (Å²) < 4.78 is 4.90. The third-order valence-electron chi connectivity index (χ3n) is 7.46.